The van der Waals surface area contributed by atoms with Crippen molar-refractivity contribution >= 4 is 17.4 Å². The van der Waals surface area contributed by atoms with Gasteiger partial charge in [0.15, 0.2) is 0 Å². The first kappa shape index (κ1) is 13.2. The quantitative estimate of drug-likeness (QED) is 0.637. The average molecular weight is 283 g/mol. The van der Waals surface area contributed by atoms with Crippen LogP contribution in [0.25, 0.3) is 0 Å². The van der Waals surface area contributed by atoms with Crippen molar-refractivity contribution in [1.82, 2.24) is 4.98 Å². The predicted octanol–water partition coefficient (Wildman–Crippen LogP) is 3.36. The van der Waals surface area contributed by atoms with E-state index < -0.39 is 10.7 Å². The molecule has 1 heterocycles. The summed E-state index contributed by atoms with van der Waals surface area (Å²) in [6.07, 6.45) is 1.30. The zero-order valence-corrected chi connectivity index (χ0v) is 10.3. The zero-order chi connectivity index (χ0) is 13.8. The van der Waals surface area contributed by atoms with Crippen LogP contribution in [0, 0.1) is 15.9 Å². The predicted molar refractivity (Wildman–Crippen MR) is 66.6 cm³/mol. The molecule has 0 bridgehead atoms. The van der Waals surface area contributed by atoms with Gasteiger partial charge in [-0.1, -0.05) is 17.7 Å². The monoisotopic (exact) mass is 282 g/mol. The Morgan fingerprint density at radius 2 is 2.21 bits per heavy atom. The highest BCUT2D eigenvalue weighted by atomic mass is 35.5. The topological polar surface area (TPSA) is 65.3 Å². The van der Waals surface area contributed by atoms with Crippen molar-refractivity contribution in [3.8, 4) is 5.75 Å². The minimum atomic E-state index is -0.637. The van der Waals surface area contributed by atoms with Crippen molar-refractivity contribution in [2.24, 2.45) is 0 Å². The summed E-state index contributed by atoms with van der Waals surface area (Å²) in [5.41, 5.74) is 0.529. The molecular formula is C12H8ClFN2O3. The molecule has 7 heteroatoms. The number of halogens is 2. The Kier molecular flexibility index (Phi) is 3.91. The van der Waals surface area contributed by atoms with Crippen molar-refractivity contribution in [2.45, 2.75) is 6.61 Å². The molecule has 0 fully saturated rings. The highest BCUT2D eigenvalue weighted by molar-refractivity contribution is 6.31. The molecule has 19 heavy (non-hydrogen) atoms. The van der Waals surface area contributed by atoms with Crippen LogP contribution in [0.1, 0.15) is 5.56 Å². The van der Waals surface area contributed by atoms with Crippen LogP contribution in [0.15, 0.2) is 36.5 Å². The zero-order valence-electron chi connectivity index (χ0n) is 9.55. The van der Waals surface area contributed by atoms with Crippen LogP contribution >= 0.6 is 11.6 Å². The van der Waals surface area contributed by atoms with Gasteiger partial charge in [-0.15, -0.1) is 0 Å². The van der Waals surface area contributed by atoms with Crippen LogP contribution in [-0.4, -0.2) is 9.91 Å². The maximum Gasteiger partial charge on any atom is 0.406 e. The maximum absolute atomic E-state index is 12.9. The third-order valence-corrected chi connectivity index (χ3v) is 2.67. The van der Waals surface area contributed by atoms with Gasteiger partial charge in [0.2, 0.25) is 5.75 Å². The number of ether oxygens (including phenoxy) is 1. The lowest BCUT2D eigenvalue weighted by atomic mass is 10.2. The minimum Gasteiger partial charge on any atom is -0.481 e. The molecule has 5 nitrogen and oxygen atoms in total. The second kappa shape index (κ2) is 5.62. The molecule has 0 radical (unpaired) electrons. The van der Waals surface area contributed by atoms with E-state index >= 15 is 0 Å². The highest BCUT2D eigenvalue weighted by Gasteiger charge is 2.15. The standard InChI is InChI=1S/C12H8ClFN2O3/c13-10-6-9(14)4-3-8(10)7-19-11-2-1-5-15-12(11)16(17)18/h1-6H,7H2. The molecular weight excluding hydrogens is 275 g/mol. The van der Waals surface area contributed by atoms with Gasteiger partial charge in [-0.2, -0.15) is 0 Å². The van der Waals surface area contributed by atoms with Crippen LogP contribution in [-0.2, 0) is 6.61 Å². The van der Waals surface area contributed by atoms with Gasteiger partial charge in [-0.25, -0.2) is 4.39 Å². The Morgan fingerprint density at radius 1 is 1.42 bits per heavy atom. The molecule has 0 amide bonds. The first-order valence-electron chi connectivity index (χ1n) is 5.24. The Morgan fingerprint density at radius 3 is 2.89 bits per heavy atom. The van der Waals surface area contributed by atoms with E-state index in [1.54, 1.807) is 0 Å². The second-order valence-electron chi connectivity index (χ2n) is 3.61. The number of nitrogens with zero attached hydrogens (tertiary/aromatic N) is 2. The van der Waals surface area contributed by atoms with E-state index in [2.05, 4.69) is 4.98 Å². The largest absolute Gasteiger partial charge is 0.481 e. The lowest BCUT2D eigenvalue weighted by Gasteiger charge is -2.07. The van der Waals surface area contributed by atoms with E-state index in [0.29, 0.717) is 5.56 Å². The van der Waals surface area contributed by atoms with Crippen molar-refractivity contribution < 1.29 is 14.1 Å². The van der Waals surface area contributed by atoms with E-state index in [1.807, 2.05) is 0 Å². The molecule has 0 aliphatic heterocycles. The fourth-order valence-electron chi connectivity index (χ4n) is 1.43. The van der Waals surface area contributed by atoms with Crippen LogP contribution in [0.2, 0.25) is 5.02 Å². The summed E-state index contributed by atoms with van der Waals surface area (Å²) in [7, 11) is 0. The summed E-state index contributed by atoms with van der Waals surface area (Å²) in [6, 6.07) is 6.80. The Labute approximate surface area is 112 Å². The number of benzene rings is 1. The number of pyridine rings is 1. The Bertz CT molecular complexity index is 622. The van der Waals surface area contributed by atoms with Crippen LogP contribution in [0.5, 0.6) is 5.75 Å². The van der Waals surface area contributed by atoms with E-state index in [9.17, 15) is 14.5 Å². The first-order chi connectivity index (χ1) is 9.08. The second-order valence-corrected chi connectivity index (χ2v) is 4.01. The lowest BCUT2D eigenvalue weighted by molar-refractivity contribution is -0.390. The third kappa shape index (κ3) is 3.17. The van der Waals surface area contributed by atoms with Gasteiger partial charge in [0, 0.05) is 5.56 Å². The van der Waals surface area contributed by atoms with Gasteiger partial charge in [-0.05, 0) is 34.2 Å². The van der Waals surface area contributed by atoms with Gasteiger partial charge < -0.3 is 14.9 Å². The molecule has 0 N–H and O–H groups in total. The number of aromatic nitrogens is 1. The Balaban J connectivity index is 2.17. The van der Waals surface area contributed by atoms with Crippen molar-refractivity contribution in [1.29, 1.82) is 0 Å². The maximum atomic E-state index is 12.9. The van der Waals surface area contributed by atoms with E-state index in [4.69, 9.17) is 16.3 Å². The summed E-state index contributed by atoms with van der Waals surface area (Å²) >= 11 is 5.83. The van der Waals surface area contributed by atoms with Gasteiger partial charge in [0.1, 0.15) is 18.6 Å². The van der Waals surface area contributed by atoms with Gasteiger partial charge in [0.25, 0.3) is 0 Å². The van der Waals surface area contributed by atoms with Gasteiger partial charge in [-0.3, -0.25) is 0 Å². The summed E-state index contributed by atoms with van der Waals surface area (Å²) in [5, 5.41) is 10.9. The number of rotatable bonds is 4. The van der Waals surface area contributed by atoms with Crippen LogP contribution < -0.4 is 4.74 Å². The third-order valence-electron chi connectivity index (χ3n) is 2.32. The van der Waals surface area contributed by atoms with Crippen molar-refractivity contribution in [3.05, 3.63) is 63.0 Å². The normalized spacial score (nSPS) is 10.2. The summed E-state index contributed by atoms with van der Waals surface area (Å²) in [4.78, 5) is 13.7. The molecule has 0 aliphatic carbocycles. The molecule has 0 atom stereocenters. The summed E-state index contributed by atoms with van der Waals surface area (Å²) < 4.78 is 18.2. The fraction of sp³-hybridized carbons (Fsp3) is 0.0833. The molecule has 2 aromatic rings. The van der Waals surface area contributed by atoms with Crippen molar-refractivity contribution in [2.75, 3.05) is 0 Å². The van der Waals surface area contributed by atoms with Crippen molar-refractivity contribution in [3.63, 3.8) is 0 Å². The van der Waals surface area contributed by atoms with Crippen LogP contribution in [0.4, 0.5) is 10.2 Å². The molecule has 0 spiro atoms. The van der Waals surface area contributed by atoms with E-state index in [0.717, 1.165) is 6.07 Å². The lowest BCUT2D eigenvalue weighted by Crippen LogP contribution is -2.01. The smallest absolute Gasteiger partial charge is 0.406 e. The molecule has 2 rings (SSSR count). The number of hydrogen-bond acceptors (Lipinski definition) is 4. The number of hydrogen-bond donors (Lipinski definition) is 0. The van der Waals surface area contributed by atoms with Crippen LogP contribution in [0.3, 0.4) is 0 Å². The summed E-state index contributed by atoms with van der Waals surface area (Å²) in [6.45, 7) is -0.00829. The first-order valence-corrected chi connectivity index (χ1v) is 5.62. The average Bonchev–Trinajstić information content (AvgIpc) is 2.38. The van der Waals surface area contributed by atoms with Gasteiger partial charge >= 0.3 is 5.82 Å². The SMILES string of the molecule is O=[N+]([O-])c1ncccc1OCc1ccc(F)cc1Cl. The Hall–Kier alpha value is -2.21. The van der Waals surface area contributed by atoms with E-state index in [1.165, 1.54) is 30.5 Å². The highest BCUT2D eigenvalue weighted by Crippen LogP contribution is 2.25. The summed E-state index contributed by atoms with van der Waals surface area (Å²) in [5.74, 6) is -0.797. The molecule has 1 aromatic heterocycles. The van der Waals surface area contributed by atoms with E-state index in [-0.39, 0.29) is 23.2 Å². The molecule has 0 unspecified atom stereocenters. The molecule has 0 saturated carbocycles. The fourth-order valence-corrected chi connectivity index (χ4v) is 1.65. The molecule has 0 saturated heterocycles. The molecule has 0 aliphatic rings. The minimum absolute atomic E-state index is 0.00829. The molecule has 98 valence electrons. The molecule has 1 aromatic carbocycles. The van der Waals surface area contributed by atoms with Gasteiger partial charge in [0.05, 0.1) is 5.02 Å². The number of nitro groups is 1.